The fourth-order valence-corrected chi connectivity index (χ4v) is 3.78. The number of carboxylic acid groups (broad SMARTS) is 1. The highest BCUT2D eigenvalue weighted by Crippen LogP contribution is 2.29. The molecule has 0 spiro atoms. The van der Waals surface area contributed by atoms with Gasteiger partial charge in [-0.3, -0.25) is 4.79 Å². The van der Waals surface area contributed by atoms with Crippen LogP contribution >= 0.6 is 0 Å². The molecule has 0 saturated heterocycles. The number of carboxylic acids is 1. The van der Waals surface area contributed by atoms with Gasteiger partial charge in [0.2, 0.25) is 0 Å². The van der Waals surface area contributed by atoms with Crippen LogP contribution in [0.3, 0.4) is 0 Å². The zero-order chi connectivity index (χ0) is 22.0. The molecule has 31 heavy (non-hydrogen) atoms. The highest BCUT2D eigenvalue weighted by Gasteiger charge is 2.24. The molecular formula is C28H24O3. The number of allylic oxidation sites excluding steroid dienone is 3. The van der Waals surface area contributed by atoms with Crippen LogP contribution in [0.25, 0.3) is 17.2 Å². The van der Waals surface area contributed by atoms with Crippen molar-refractivity contribution in [2.75, 3.05) is 0 Å². The van der Waals surface area contributed by atoms with E-state index in [0.717, 1.165) is 33.4 Å². The Kier molecular flexibility index (Phi) is 5.68. The molecule has 1 N–H and O–H groups in total. The summed E-state index contributed by atoms with van der Waals surface area (Å²) in [6.07, 6.45) is 6.51. The zero-order valence-electron chi connectivity index (χ0n) is 17.6. The summed E-state index contributed by atoms with van der Waals surface area (Å²) in [5.74, 6) is -0.392. The van der Waals surface area contributed by atoms with Crippen LogP contribution in [0.1, 0.15) is 57.2 Å². The molecule has 3 heteroatoms. The van der Waals surface area contributed by atoms with Gasteiger partial charge in [-0.05, 0) is 51.9 Å². The van der Waals surface area contributed by atoms with Crippen molar-refractivity contribution >= 4 is 17.8 Å². The summed E-state index contributed by atoms with van der Waals surface area (Å²) in [5.41, 5.74) is 7.26. The van der Waals surface area contributed by atoms with Crippen molar-refractivity contribution in [2.24, 2.45) is 0 Å². The van der Waals surface area contributed by atoms with Crippen LogP contribution in [0.2, 0.25) is 0 Å². The van der Waals surface area contributed by atoms with Gasteiger partial charge in [0, 0.05) is 17.6 Å². The molecule has 0 radical (unpaired) electrons. The van der Waals surface area contributed by atoms with Crippen LogP contribution in [-0.2, 0) is 6.42 Å². The van der Waals surface area contributed by atoms with Crippen LogP contribution < -0.4 is 0 Å². The van der Waals surface area contributed by atoms with E-state index < -0.39 is 5.97 Å². The maximum Gasteiger partial charge on any atom is 0.335 e. The number of benzene rings is 3. The second-order valence-corrected chi connectivity index (χ2v) is 8.13. The fourth-order valence-electron chi connectivity index (χ4n) is 3.78. The number of carbonyl (C=O) groups excluding carboxylic acids is 1. The minimum Gasteiger partial charge on any atom is -0.478 e. The molecule has 0 saturated carbocycles. The van der Waals surface area contributed by atoms with E-state index in [2.05, 4.69) is 26.0 Å². The van der Waals surface area contributed by atoms with E-state index in [-0.39, 0.29) is 11.3 Å². The minimum absolute atomic E-state index is 0.127. The highest BCUT2D eigenvalue weighted by atomic mass is 16.4. The van der Waals surface area contributed by atoms with Crippen LogP contribution in [0.5, 0.6) is 0 Å². The van der Waals surface area contributed by atoms with Gasteiger partial charge >= 0.3 is 5.97 Å². The SMILES string of the molecule is CC(C)c1ccc2c(c1)C(=O)/C(=C/C=C/c1ccc(-c3ccc(C(=O)O)cc3)cc1)C2. The molecule has 0 aliphatic heterocycles. The van der Waals surface area contributed by atoms with E-state index in [9.17, 15) is 9.59 Å². The van der Waals surface area contributed by atoms with Gasteiger partial charge in [-0.25, -0.2) is 4.79 Å². The Balaban J connectivity index is 1.46. The Bertz CT molecular complexity index is 1190. The Morgan fingerprint density at radius 1 is 0.935 bits per heavy atom. The average Bonchev–Trinajstić information content (AvgIpc) is 3.09. The molecule has 3 nitrogen and oxygen atoms in total. The van der Waals surface area contributed by atoms with Crippen LogP contribution in [0.15, 0.2) is 84.5 Å². The van der Waals surface area contributed by atoms with E-state index in [1.54, 1.807) is 12.1 Å². The molecule has 1 aliphatic rings. The minimum atomic E-state index is -0.926. The van der Waals surface area contributed by atoms with Gasteiger partial charge in [0.1, 0.15) is 0 Å². The number of hydrogen-bond acceptors (Lipinski definition) is 2. The number of carbonyl (C=O) groups is 2. The zero-order valence-corrected chi connectivity index (χ0v) is 17.6. The summed E-state index contributed by atoms with van der Waals surface area (Å²) in [6.45, 7) is 4.27. The predicted octanol–water partition coefficient (Wildman–Crippen LogP) is 6.55. The summed E-state index contributed by atoms with van der Waals surface area (Å²) in [7, 11) is 0. The Hall–Kier alpha value is -3.72. The number of rotatable bonds is 5. The maximum atomic E-state index is 12.7. The second kappa shape index (κ2) is 8.57. The normalized spacial score (nSPS) is 14.5. The van der Waals surface area contributed by atoms with E-state index >= 15 is 0 Å². The molecular weight excluding hydrogens is 384 g/mol. The molecule has 0 aromatic heterocycles. The first-order chi connectivity index (χ1) is 14.9. The van der Waals surface area contributed by atoms with E-state index in [1.807, 2.05) is 60.7 Å². The topological polar surface area (TPSA) is 54.4 Å². The lowest BCUT2D eigenvalue weighted by Gasteiger charge is -2.06. The van der Waals surface area contributed by atoms with Crippen molar-refractivity contribution in [2.45, 2.75) is 26.2 Å². The lowest BCUT2D eigenvalue weighted by Crippen LogP contribution is -1.97. The molecule has 0 atom stereocenters. The molecule has 0 heterocycles. The maximum absolute atomic E-state index is 12.7. The third kappa shape index (κ3) is 4.41. The lowest BCUT2D eigenvalue weighted by molar-refractivity contribution is 0.0696. The largest absolute Gasteiger partial charge is 0.478 e. The summed E-state index contributed by atoms with van der Waals surface area (Å²) in [6, 6.07) is 21.1. The summed E-state index contributed by atoms with van der Waals surface area (Å²) >= 11 is 0. The van der Waals surface area contributed by atoms with Crippen molar-refractivity contribution in [3.8, 4) is 11.1 Å². The van der Waals surface area contributed by atoms with Gasteiger partial charge in [-0.1, -0.05) is 80.6 Å². The standard InChI is InChI=1S/C28H24O3/c1-18(2)23-14-15-24-16-25(27(29)26(24)17-23)5-3-4-19-6-8-20(9-7-19)21-10-12-22(13-11-21)28(30)31/h3-15,17-18H,16H2,1-2H3,(H,30,31)/b4-3+,25-5+. The molecule has 154 valence electrons. The quantitative estimate of drug-likeness (QED) is 0.487. The van der Waals surface area contributed by atoms with Crippen molar-refractivity contribution in [1.29, 1.82) is 0 Å². The average molecular weight is 408 g/mol. The third-order valence-electron chi connectivity index (χ3n) is 5.68. The first-order valence-corrected chi connectivity index (χ1v) is 10.4. The lowest BCUT2D eigenvalue weighted by atomic mass is 9.98. The summed E-state index contributed by atoms with van der Waals surface area (Å²) < 4.78 is 0. The van der Waals surface area contributed by atoms with Crippen molar-refractivity contribution < 1.29 is 14.7 Å². The first kappa shape index (κ1) is 20.5. The van der Waals surface area contributed by atoms with E-state index in [4.69, 9.17) is 5.11 Å². The molecule has 1 aliphatic carbocycles. The fraction of sp³-hybridized carbons (Fsp3) is 0.143. The molecule has 0 unspecified atom stereocenters. The monoisotopic (exact) mass is 408 g/mol. The van der Waals surface area contributed by atoms with Crippen LogP contribution in [0, 0.1) is 0 Å². The molecule has 0 bridgehead atoms. The van der Waals surface area contributed by atoms with Crippen molar-refractivity contribution in [3.63, 3.8) is 0 Å². The second-order valence-electron chi connectivity index (χ2n) is 8.13. The summed E-state index contributed by atoms with van der Waals surface area (Å²) in [4.78, 5) is 23.7. The van der Waals surface area contributed by atoms with Gasteiger partial charge in [0.25, 0.3) is 0 Å². The summed E-state index contributed by atoms with van der Waals surface area (Å²) in [5, 5.41) is 9.01. The molecule has 0 fully saturated rings. The van der Waals surface area contributed by atoms with Crippen LogP contribution in [0.4, 0.5) is 0 Å². The Morgan fingerprint density at radius 3 is 2.19 bits per heavy atom. The van der Waals surface area contributed by atoms with Crippen molar-refractivity contribution in [3.05, 3.63) is 112 Å². The number of Topliss-reactive ketones (excluding diaryl/α,β-unsaturated/α-hetero) is 1. The molecule has 3 aromatic rings. The van der Waals surface area contributed by atoms with Gasteiger partial charge in [-0.15, -0.1) is 0 Å². The Labute approximate surface area is 182 Å². The first-order valence-electron chi connectivity index (χ1n) is 10.4. The van der Waals surface area contributed by atoms with Crippen LogP contribution in [-0.4, -0.2) is 16.9 Å². The Morgan fingerprint density at radius 2 is 1.58 bits per heavy atom. The van der Waals surface area contributed by atoms with E-state index in [0.29, 0.717) is 12.3 Å². The predicted molar refractivity (Wildman–Crippen MR) is 125 cm³/mol. The molecule has 0 amide bonds. The highest BCUT2D eigenvalue weighted by molar-refractivity contribution is 6.13. The number of fused-ring (bicyclic) bond motifs is 1. The van der Waals surface area contributed by atoms with Crippen molar-refractivity contribution in [1.82, 2.24) is 0 Å². The smallest absolute Gasteiger partial charge is 0.335 e. The number of ketones is 1. The molecule has 4 rings (SSSR count). The van der Waals surface area contributed by atoms with Gasteiger partial charge in [-0.2, -0.15) is 0 Å². The van der Waals surface area contributed by atoms with Gasteiger partial charge in [0.15, 0.2) is 5.78 Å². The van der Waals surface area contributed by atoms with Gasteiger partial charge in [0.05, 0.1) is 5.56 Å². The van der Waals surface area contributed by atoms with E-state index in [1.165, 1.54) is 5.56 Å². The number of hydrogen-bond donors (Lipinski definition) is 1. The number of aromatic carboxylic acids is 1. The molecule has 3 aromatic carbocycles. The van der Waals surface area contributed by atoms with Gasteiger partial charge < -0.3 is 5.11 Å². The third-order valence-corrected chi connectivity index (χ3v) is 5.68.